The van der Waals surface area contributed by atoms with Gasteiger partial charge in [0.05, 0.1) is 25.4 Å². The second-order valence-corrected chi connectivity index (χ2v) is 6.78. The van der Waals surface area contributed by atoms with Crippen LogP contribution in [0, 0.1) is 0 Å². The molecule has 2 aliphatic rings. The average Bonchev–Trinajstić information content (AvgIpc) is 3.25. The van der Waals surface area contributed by atoms with Gasteiger partial charge in [-0.3, -0.25) is 0 Å². The molecule has 2 saturated heterocycles. The number of hydrogen-bond acceptors (Lipinski definition) is 4. The first-order valence-electron chi connectivity index (χ1n) is 8.64. The van der Waals surface area contributed by atoms with E-state index < -0.39 is 31.3 Å². The standard InChI is InChI=1S/C20H21F2NO3/c21-9-14-5-1-3-7-16(14)18-23-19(17-8-4-2-6-15(17)10-22)26-13-20(23,11-24)12-25-18/h1-8,18-19,24H,9-13H2. The number of aliphatic hydroxyl groups excluding tert-OH is 1. The number of benzene rings is 2. The van der Waals surface area contributed by atoms with Crippen LogP contribution in [0.3, 0.4) is 0 Å². The summed E-state index contributed by atoms with van der Waals surface area (Å²) in [5, 5.41) is 10.1. The Morgan fingerprint density at radius 3 is 1.77 bits per heavy atom. The lowest BCUT2D eigenvalue weighted by Gasteiger charge is -2.34. The van der Waals surface area contributed by atoms with Crippen LogP contribution in [0.4, 0.5) is 8.78 Å². The zero-order valence-corrected chi connectivity index (χ0v) is 14.3. The fourth-order valence-corrected chi connectivity index (χ4v) is 3.89. The van der Waals surface area contributed by atoms with Gasteiger partial charge in [-0.15, -0.1) is 0 Å². The van der Waals surface area contributed by atoms with E-state index >= 15 is 0 Å². The van der Waals surface area contributed by atoms with Crippen LogP contribution >= 0.6 is 0 Å². The maximum atomic E-state index is 13.5. The summed E-state index contributed by atoms with van der Waals surface area (Å²) in [5.74, 6) is 0. The number of alkyl halides is 2. The van der Waals surface area contributed by atoms with Crippen molar-refractivity contribution in [3.8, 4) is 0 Å². The number of fused-ring (bicyclic) bond motifs is 1. The summed E-state index contributed by atoms with van der Waals surface area (Å²) in [5.41, 5.74) is 1.77. The first-order chi connectivity index (χ1) is 12.7. The molecule has 26 heavy (non-hydrogen) atoms. The Bertz CT molecular complexity index is 726. The van der Waals surface area contributed by atoms with Crippen molar-refractivity contribution in [2.75, 3.05) is 19.8 Å². The monoisotopic (exact) mass is 361 g/mol. The van der Waals surface area contributed by atoms with Gasteiger partial charge in [0.1, 0.15) is 25.8 Å². The second-order valence-electron chi connectivity index (χ2n) is 6.78. The number of hydrogen-bond donors (Lipinski definition) is 1. The minimum atomic E-state index is -0.720. The van der Waals surface area contributed by atoms with Crippen molar-refractivity contribution in [3.05, 3.63) is 70.8 Å². The number of nitrogens with zero attached hydrogens (tertiary/aromatic N) is 1. The minimum Gasteiger partial charge on any atom is -0.394 e. The summed E-state index contributed by atoms with van der Waals surface area (Å²) in [6.07, 6.45) is -1.12. The minimum absolute atomic E-state index is 0.157. The molecule has 2 atom stereocenters. The molecule has 0 radical (unpaired) electrons. The molecule has 2 aliphatic heterocycles. The molecule has 138 valence electrons. The van der Waals surface area contributed by atoms with E-state index in [4.69, 9.17) is 9.47 Å². The fraction of sp³-hybridized carbons (Fsp3) is 0.400. The maximum absolute atomic E-state index is 13.5. The van der Waals surface area contributed by atoms with E-state index in [0.717, 1.165) is 0 Å². The molecular formula is C20H21F2NO3. The molecule has 0 amide bonds. The Balaban J connectivity index is 1.79. The Labute approximate surface area is 151 Å². The molecule has 4 rings (SSSR count). The van der Waals surface area contributed by atoms with E-state index in [2.05, 4.69) is 0 Å². The highest BCUT2D eigenvalue weighted by molar-refractivity contribution is 5.33. The van der Waals surface area contributed by atoms with Crippen molar-refractivity contribution in [1.29, 1.82) is 0 Å². The molecule has 6 heteroatoms. The van der Waals surface area contributed by atoms with Gasteiger partial charge in [0.25, 0.3) is 0 Å². The quantitative estimate of drug-likeness (QED) is 0.886. The van der Waals surface area contributed by atoms with Crippen LogP contribution in [0.1, 0.15) is 34.7 Å². The van der Waals surface area contributed by atoms with Crippen LogP contribution in [-0.2, 0) is 22.8 Å². The third-order valence-corrected chi connectivity index (χ3v) is 5.30. The van der Waals surface area contributed by atoms with Gasteiger partial charge in [0.15, 0.2) is 0 Å². The highest BCUT2D eigenvalue weighted by Gasteiger charge is 2.57. The van der Waals surface area contributed by atoms with Gasteiger partial charge in [0.2, 0.25) is 0 Å². The van der Waals surface area contributed by atoms with E-state index in [0.29, 0.717) is 22.3 Å². The third-order valence-electron chi connectivity index (χ3n) is 5.30. The summed E-state index contributed by atoms with van der Waals surface area (Å²) in [4.78, 5) is 1.93. The maximum Gasteiger partial charge on any atom is 0.140 e. The molecule has 0 saturated carbocycles. The Morgan fingerprint density at radius 2 is 1.35 bits per heavy atom. The second kappa shape index (κ2) is 7.04. The van der Waals surface area contributed by atoms with Gasteiger partial charge >= 0.3 is 0 Å². The van der Waals surface area contributed by atoms with Crippen LogP contribution in [0.25, 0.3) is 0 Å². The van der Waals surface area contributed by atoms with Crippen molar-refractivity contribution in [3.63, 3.8) is 0 Å². The van der Waals surface area contributed by atoms with Gasteiger partial charge in [-0.25, -0.2) is 13.7 Å². The van der Waals surface area contributed by atoms with Crippen LogP contribution in [0.15, 0.2) is 48.5 Å². The summed E-state index contributed by atoms with van der Waals surface area (Å²) < 4.78 is 39.0. The first-order valence-corrected chi connectivity index (χ1v) is 8.64. The average molecular weight is 361 g/mol. The van der Waals surface area contributed by atoms with Gasteiger partial charge in [0, 0.05) is 11.1 Å². The molecule has 2 unspecified atom stereocenters. The molecule has 0 aliphatic carbocycles. The van der Waals surface area contributed by atoms with Crippen molar-refractivity contribution in [2.45, 2.75) is 31.3 Å². The Morgan fingerprint density at radius 1 is 0.885 bits per heavy atom. The van der Waals surface area contributed by atoms with Crippen molar-refractivity contribution in [1.82, 2.24) is 4.90 Å². The van der Waals surface area contributed by atoms with Gasteiger partial charge in [-0.05, 0) is 11.1 Å². The normalized spacial score (nSPS) is 28.4. The molecule has 2 heterocycles. The van der Waals surface area contributed by atoms with Crippen molar-refractivity contribution in [2.24, 2.45) is 0 Å². The summed E-state index contributed by atoms with van der Waals surface area (Å²) >= 11 is 0. The van der Waals surface area contributed by atoms with Crippen LogP contribution in [-0.4, -0.2) is 35.4 Å². The van der Waals surface area contributed by atoms with Gasteiger partial charge in [-0.1, -0.05) is 48.5 Å². The van der Waals surface area contributed by atoms with Gasteiger partial charge < -0.3 is 14.6 Å². The molecule has 4 nitrogen and oxygen atoms in total. The lowest BCUT2D eigenvalue weighted by atomic mass is 9.98. The molecule has 2 aromatic carbocycles. The number of rotatable bonds is 5. The largest absolute Gasteiger partial charge is 0.394 e. The summed E-state index contributed by atoms with van der Waals surface area (Å²) in [6, 6.07) is 14.3. The summed E-state index contributed by atoms with van der Waals surface area (Å²) in [7, 11) is 0. The molecular weight excluding hydrogens is 340 g/mol. The summed E-state index contributed by atoms with van der Waals surface area (Å²) in [6.45, 7) is -0.840. The molecule has 1 N–H and O–H groups in total. The lowest BCUT2D eigenvalue weighted by molar-refractivity contribution is -0.0640. The predicted octanol–water partition coefficient (Wildman–Crippen LogP) is 3.42. The van der Waals surface area contributed by atoms with E-state index in [1.165, 1.54) is 0 Å². The third kappa shape index (κ3) is 2.65. The highest BCUT2D eigenvalue weighted by Crippen LogP contribution is 2.49. The number of halogens is 2. The smallest absolute Gasteiger partial charge is 0.140 e. The van der Waals surface area contributed by atoms with Gasteiger partial charge in [-0.2, -0.15) is 0 Å². The van der Waals surface area contributed by atoms with E-state index in [-0.39, 0.29) is 19.8 Å². The molecule has 0 bridgehead atoms. The number of ether oxygens (including phenoxy) is 2. The zero-order chi connectivity index (χ0) is 18.1. The zero-order valence-electron chi connectivity index (χ0n) is 14.3. The fourth-order valence-electron chi connectivity index (χ4n) is 3.89. The van der Waals surface area contributed by atoms with E-state index in [1.54, 1.807) is 24.3 Å². The molecule has 2 aromatic rings. The van der Waals surface area contributed by atoms with Crippen LogP contribution < -0.4 is 0 Å². The Hall–Kier alpha value is -1.86. The predicted molar refractivity (Wildman–Crippen MR) is 91.5 cm³/mol. The first kappa shape index (κ1) is 17.5. The van der Waals surface area contributed by atoms with E-state index in [9.17, 15) is 13.9 Å². The topological polar surface area (TPSA) is 41.9 Å². The van der Waals surface area contributed by atoms with Crippen LogP contribution in [0.5, 0.6) is 0 Å². The van der Waals surface area contributed by atoms with Crippen LogP contribution in [0.2, 0.25) is 0 Å². The highest BCUT2D eigenvalue weighted by atomic mass is 19.1. The van der Waals surface area contributed by atoms with Crippen molar-refractivity contribution >= 4 is 0 Å². The van der Waals surface area contributed by atoms with Crippen molar-refractivity contribution < 1.29 is 23.4 Å². The Kier molecular flexibility index (Phi) is 4.75. The molecule has 0 spiro atoms. The SMILES string of the molecule is OCC12COC(c3ccccc3CF)N1C(c1ccccc1CF)OC2. The lowest BCUT2D eigenvalue weighted by Crippen LogP contribution is -2.47. The molecule has 0 aromatic heterocycles. The molecule has 2 fully saturated rings. The number of aliphatic hydroxyl groups is 1. The van der Waals surface area contributed by atoms with E-state index in [1.807, 2.05) is 29.2 Å².